The molecule has 1 N–H and O–H groups in total. The Morgan fingerprint density at radius 1 is 1.05 bits per heavy atom. The van der Waals surface area contributed by atoms with Crippen molar-refractivity contribution in [2.45, 2.75) is 46.0 Å². The number of hydrogen-bond donors (Lipinski definition) is 1. The van der Waals surface area contributed by atoms with E-state index in [2.05, 4.69) is 12.2 Å². The van der Waals surface area contributed by atoms with Crippen molar-refractivity contribution in [1.29, 1.82) is 0 Å². The molecular formula is C16H23NO2. The highest BCUT2D eigenvalue weighted by molar-refractivity contribution is 6.36. The molecule has 1 amide bonds. The van der Waals surface area contributed by atoms with Crippen LogP contribution in [0, 0.1) is 6.92 Å². The van der Waals surface area contributed by atoms with Crippen molar-refractivity contribution in [3.8, 4) is 0 Å². The summed E-state index contributed by atoms with van der Waals surface area (Å²) in [6.45, 7) is 4.73. The van der Waals surface area contributed by atoms with Crippen molar-refractivity contribution in [3.05, 3.63) is 35.4 Å². The predicted molar refractivity (Wildman–Crippen MR) is 77.0 cm³/mol. The smallest absolute Gasteiger partial charge is 0.287 e. The number of ketones is 1. The molecule has 0 aliphatic carbocycles. The van der Waals surface area contributed by atoms with Crippen LogP contribution >= 0.6 is 0 Å². The summed E-state index contributed by atoms with van der Waals surface area (Å²) in [6, 6.07) is 7.68. The van der Waals surface area contributed by atoms with Gasteiger partial charge in [0.25, 0.3) is 5.91 Å². The third kappa shape index (κ3) is 6.18. The highest BCUT2D eigenvalue weighted by Gasteiger charge is 2.13. The zero-order chi connectivity index (χ0) is 14.1. The van der Waals surface area contributed by atoms with Crippen molar-refractivity contribution in [3.63, 3.8) is 0 Å². The second-order valence-electron chi connectivity index (χ2n) is 4.90. The maximum Gasteiger partial charge on any atom is 0.287 e. The molecule has 0 aliphatic rings. The summed E-state index contributed by atoms with van der Waals surface area (Å²) in [7, 11) is 0. The molecule has 3 nitrogen and oxygen atoms in total. The van der Waals surface area contributed by atoms with E-state index >= 15 is 0 Å². The first-order valence-electron chi connectivity index (χ1n) is 7.00. The summed E-state index contributed by atoms with van der Waals surface area (Å²) >= 11 is 0. The number of unbranched alkanes of at least 4 members (excludes halogenated alkanes) is 3. The highest BCUT2D eigenvalue weighted by atomic mass is 16.2. The number of carbonyl (C=O) groups excluding carboxylic acids is 2. The quantitative estimate of drug-likeness (QED) is 0.578. The molecule has 0 atom stereocenters. The molecule has 1 aromatic rings. The molecule has 0 heterocycles. The Morgan fingerprint density at radius 2 is 1.74 bits per heavy atom. The van der Waals surface area contributed by atoms with E-state index in [1.165, 1.54) is 12.8 Å². The Morgan fingerprint density at radius 3 is 2.37 bits per heavy atom. The normalized spacial score (nSPS) is 10.2. The van der Waals surface area contributed by atoms with Crippen LogP contribution < -0.4 is 5.32 Å². The van der Waals surface area contributed by atoms with Crippen LogP contribution in [0.15, 0.2) is 24.3 Å². The number of benzene rings is 1. The third-order valence-corrected chi connectivity index (χ3v) is 3.05. The summed E-state index contributed by atoms with van der Waals surface area (Å²) in [4.78, 5) is 23.3. The van der Waals surface area contributed by atoms with E-state index in [4.69, 9.17) is 0 Å². The molecule has 0 saturated heterocycles. The lowest BCUT2D eigenvalue weighted by Gasteiger charge is -2.04. The lowest BCUT2D eigenvalue weighted by molar-refractivity contribution is -0.137. The SMILES string of the molecule is CCCCCCNC(=O)C(=O)Cc1ccc(C)cc1. The van der Waals surface area contributed by atoms with Gasteiger partial charge in [-0.3, -0.25) is 9.59 Å². The van der Waals surface area contributed by atoms with Gasteiger partial charge in [-0.15, -0.1) is 0 Å². The van der Waals surface area contributed by atoms with Crippen molar-refractivity contribution in [1.82, 2.24) is 5.32 Å². The number of nitrogens with one attached hydrogen (secondary N) is 1. The van der Waals surface area contributed by atoms with E-state index in [1.54, 1.807) is 0 Å². The summed E-state index contributed by atoms with van der Waals surface area (Å²) < 4.78 is 0. The van der Waals surface area contributed by atoms with E-state index < -0.39 is 5.91 Å². The fourth-order valence-corrected chi connectivity index (χ4v) is 1.82. The van der Waals surface area contributed by atoms with Crippen LogP contribution in [-0.2, 0) is 16.0 Å². The minimum atomic E-state index is -0.461. The van der Waals surface area contributed by atoms with Crippen LogP contribution in [0.2, 0.25) is 0 Å². The Labute approximate surface area is 115 Å². The Bertz CT molecular complexity index is 409. The minimum Gasteiger partial charge on any atom is -0.349 e. The first kappa shape index (κ1) is 15.4. The molecule has 0 radical (unpaired) electrons. The van der Waals surface area contributed by atoms with Gasteiger partial charge in [-0.25, -0.2) is 0 Å². The molecule has 104 valence electrons. The fraction of sp³-hybridized carbons (Fsp3) is 0.500. The molecule has 0 spiro atoms. The Hall–Kier alpha value is -1.64. The molecule has 19 heavy (non-hydrogen) atoms. The maximum atomic E-state index is 11.7. The van der Waals surface area contributed by atoms with Gasteiger partial charge in [-0.2, -0.15) is 0 Å². The number of hydrogen-bond acceptors (Lipinski definition) is 2. The standard InChI is InChI=1S/C16H23NO2/c1-3-4-5-6-11-17-16(19)15(18)12-14-9-7-13(2)8-10-14/h7-10H,3-6,11-12H2,1-2H3,(H,17,19). The lowest BCUT2D eigenvalue weighted by Crippen LogP contribution is -2.32. The molecule has 1 rings (SSSR count). The number of aryl methyl sites for hydroxylation is 1. The zero-order valence-corrected chi connectivity index (χ0v) is 11.9. The first-order valence-corrected chi connectivity index (χ1v) is 7.00. The molecular weight excluding hydrogens is 238 g/mol. The maximum absolute atomic E-state index is 11.7. The zero-order valence-electron chi connectivity index (χ0n) is 11.9. The lowest BCUT2D eigenvalue weighted by atomic mass is 10.1. The molecule has 0 aromatic heterocycles. The topological polar surface area (TPSA) is 46.2 Å². The summed E-state index contributed by atoms with van der Waals surface area (Å²) in [5.41, 5.74) is 2.04. The molecule has 0 unspecified atom stereocenters. The second kappa shape index (κ2) is 8.46. The summed E-state index contributed by atoms with van der Waals surface area (Å²) in [5.74, 6) is -0.823. The van der Waals surface area contributed by atoms with Gasteiger partial charge in [0.1, 0.15) is 0 Å². The van der Waals surface area contributed by atoms with Gasteiger partial charge in [0.05, 0.1) is 0 Å². The largest absolute Gasteiger partial charge is 0.349 e. The van der Waals surface area contributed by atoms with Gasteiger partial charge in [0.15, 0.2) is 0 Å². The molecule has 0 saturated carbocycles. The van der Waals surface area contributed by atoms with E-state index in [9.17, 15) is 9.59 Å². The van der Waals surface area contributed by atoms with Crippen LogP contribution in [0.1, 0.15) is 43.7 Å². The van der Waals surface area contributed by atoms with E-state index in [0.717, 1.165) is 24.0 Å². The molecule has 0 bridgehead atoms. The number of rotatable bonds is 8. The van der Waals surface area contributed by atoms with Gasteiger partial charge >= 0.3 is 0 Å². The van der Waals surface area contributed by atoms with Gasteiger partial charge < -0.3 is 5.32 Å². The van der Waals surface area contributed by atoms with Crippen molar-refractivity contribution >= 4 is 11.7 Å². The van der Waals surface area contributed by atoms with E-state index in [1.807, 2.05) is 31.2 Å². The van der Waals surface area contributed by atoms with Gasteiger partial charge in [0, 0.05) is 13.0 Å². The van der Waals surface area contributed by atoms with E-state index in [-0.39, 0.29) is 12.2 Å². The van der Waals surface area contributed by atoms with E-state index in [0.29, 0.717) is 6.54 Å². The summed E-state index contributed by atoms with van der Waals surface area (Å²) in [6.07, 6.45) is 4.56. The predicted octanol–water partition coefficient (Wildman–Crippen LogP) is 2.80. The van der Waals surface area contributed by atoms with Crippen molar-refractivity contribution < 1.29 is 9.59 Å². The van der Waals surface area contributed by atoms with Gasteiger partial charge in [-0.05, 0) is 18.9 Å². The Kier molecular flexibility index (Phi) is 6.86. The third-order valence-electron chi connectivity index (χ3n) is 3.05. The van der Waals surface area contributed by atoms with Crippen LogP contribution in [0.3, 0.4) is 0 Å². The monoisotopic (exact) mass is 261 g/mol. The van der Waals surface area contributed by atoms with Crippen LogP contribution in [0.25, 0.3) is 0 Å². The average molecular weight is 261 g/mol. The molecule has 0 fully saturated rings. The average Bonchev–Trinajstić information content (AvgIpc) is 2.41. The number of amides is 1. The van der Waals surface area contributed by atoms with Crippen LogP contribution in [-0.4, -0.2) is 18.2 Å². The number of carbonyl (C=O) groups is 2. The van der Waals surface area contributed by atoms with Crippen LogP contribution in [0.5, 0.6) is 0 Å². The van der Waals surface area contributed by atoms with Gasteiger partial charge in [0.2, 0.25) is 5.78 Å². The van der Waals surface area contributed by atoms with Crippen molar-refractivity contribution in [2.75, 3.05) is 6.54 Å². The highest BCUT2D eigenvalue weighted by Crippen LogP contribution is 2.04. The Balaban J connectivity index is 2.28. The van der Waals surface area contributed by atoms with Crippen molar-refractivity contribution in [2.24, 2.45) is 0 Å². The minimum absolute atomic E-state index is 0.182. The molecule has 1 aromatic carbocycles. The second-order valence-corrected chi connectivity index (χ2v) is 4.90. The number of Topliss-reactive ketones (excluding diaryl/α,β-unsaturated/α-hetero) is 1. The van der Waals surface area contributed by atoms with Gasteiger partial charge in [-0.1, -0.05) is 56.0 Å². The first-order chi connectivity index (χ1) is 9.13. The molecule has 0 aliphatic heterocycles. The van der Waals surface area contributed by atoms with Crippen LogP contribution in [0.4, 0.5) is 0 Å². The fourth-order valence-electron chi connectivity index (χ4n) is 1.82. The summed E-state index contributed by atoms with van der Waals surface area (Å²) in [5, 5.41) is 2.68. The molecule has 3 heteroatoms.